The topological polar surface area (TPSA) is 99.5 Å². The number of carboxylic acids is 1. The van der Waals surface area contributed by atoms with Crippen molar-refractivity contribution in [2.45, 2.75) is 18.5 Å². The van der Waals surface area contributed by atoms with E-state index >= 15 is 0 Å². The van der Waals surface area contributed by atoms with Crippen molar-refractivity contribution < 1.29 is 19.1 Å². The number of aromatic nitrogens is 2. The minimum atomic E-state index is -0.996. The summed E-state index contributed by atoms with van der Waals surface area (Å²) in [6.45, 7) is 0.281. The number of rotatable bonds is 8. The van der Waals surface area contributed by atoms with Gasteiger partial charge in [0.25, 0.3) is 0 Å². The number of anilines is 1. The molecule has 1 fully saturated rings. The molecule has 0 saturated carbocycles. The molecule has 4 aromatic rings. The van der Waals surface area contributed by atoms with E-state index in [-0.39, 0.29) is 42.2 Å². The molecule has 0 radical (unpaired) electrons. The Labute approximate surface area is 223 Å². The Hall–Kier alpha value is -4.57. The number of hydrogen-bond donors (Lipinski definition) is 3. The van der Waals surface area contributed by atoms with E-state index in [9.17, 15) is 19.1 Å². The number of benzene rings is 2. The molecular weight excluding hydrogens is 505 g/mol. The van der Waals surface area contributed by atoms with Gasteiger partial charge in [0.2, 0.25) is 5.91 Å². The third-order valence-electron chi connectivity index (χ3n) is 6.40. The van der Waals surface area contributed by atoms with Crippen molar-refractivity contribution in [2.75, 3.05) is 11.9 Å². The summed E-state index contributed by atoms with van der Waals surface area (Å²) in [7, 11) is 0. The minimum Gasteiger partial charge on any atom is -0.478 e. The van der Waals surface area contributed by atoms with E-state index < -0.39 is 11.8 Å². The van der Waals surface area contributed by atoms with Gasteiger partial charge in [-0.25, -0.2) is 9.18 Å². The standard InChI is InChI=1S/C28H24FN5O3S/c29-20-6-1-2-7-21(20)31-24(35)14-17-34-26(25(32-28(34)38)22-8-3-4-15-30-22)23-9-5-16-33(23)19-12-10-18(11-13-19)27(36)37/h1-13,15-16,25-26H,14,17H2,(H,31,35)(H,32,38)(H,36,37)/t25-,26-/m1/s1. The Balaban J connectivity index is 1.45. The second-order valence-electron chi connectivity index (χ2n) is 8.75. The van der Waals surface area contributed by atoms with Crippen LogP contribution in [0.3, 0.4) is 0 Å². The zero-order valence-electron chi connectivity index (χ0n) is 20.1. The van der Waals surface area contributed by atoms with Crippen LogP contribution in [-0.4, -0.2) is 43.1 Å². The zero-order chi connectivity index (χ0) is 26.6. The van der Waals surface area contributed by atoms with Crippen LogP contribution in [-0.2, 0) is 4.79 Å². The lowest BCUT2D eigenvalue weighted by Gasteiger charge is -2.29. The highest BCUT2D eigenvalue weighted by Gasteiger charge is 2.41. The number of carbonyl (C=O) groups is 2. The fourth-order valence-corrected chi connectivity index (χ4v) is 4.93. The van der Waals surface area contributed by atoms with Crippen molar-refractivity contribution in [1.29, 1.82) is 0 Å². The van der Waals surface area contributed by atoms with Gasteiger partial charge in [0, 0.05) is 36.7 Å². The predicted octanol–water partition coefficient (Wildman–Crippen LogP) is 4.71. The monoisotopic (exact) mass is 529 g/mol. The summed E-state index contributed by atoms with van der Waals surface area (Å²) in [6, 6.07) is 21.5. The molecule has 0 aliphatic carbocycles. The van der Waals surface area contributed by atoms with E-state index in [0.29, 0.717) is 5.11 Å². The maximum absolute atomic E-state index is 14.0. The van der Waals surface area contributed by atoms with Crippen LogP contribution in [0.15, 0.2) is 91.3 Å². The van der Waals surface area contributed by atoms with Crippen molar-refractivity contribution in [3.63, 3.8) is 0 Å². The molecule has 8 nitrogen and oxygen atoms in total. The molecule has 2 atom stereocenters. The van der Waals surface area contributed by atoms with E-state index in [1.54, 1.807) is 42.6 Å². The molecule has 0 bridgehead atoms. The van der Waals surface area contributed by atoms with E-state index in [1.807, 2.05) is 46.0 Å². The third-order valence-corrected chi connectivity index (χ3v) is 6.75. The van der Waals surface area contributed by atoms with E-state index in [1.165, 1.54) is 12.1 Å². The van der Waals surface area contributed by atoms with Crippen molar-refractivity contribution >= 4 is 34.9 Å². The first-order valence-corrected chi connectivity index (χ1v) is 12.4. The molecule has 3 N–H and O–H groups in total. The number of aromatic carboxylic acids is 1. The lowest BCUT2D eigenvalue weighted by Crippen LogP contribution is -2.33. The fourth-order valence-electron chi connectivity index (χ4n) is 4.60. The number of nitrogens with zero attached hydrogens (tertiary/aromatic N) is 3. The van der Waals surface area contributed by atoms with Crippen LogP contribution in [0.5, 0.6) is 0 Å². The largest absolute Gasteiger partial charge is 0.478 e. The first-order chi connectivity index (χ1) is 18.4. The number of nitrogens with one attached hydrogen (secondary N) is 2. The summed E-state index contributed by atoms with van der Waals surface area (Å²) in [4.78, 5) is 30.5. The van der Waals surface area contributed by atoms with E-state index in [4.69, 9.17) is 12.2 Å². The number of para-hydroxylation sites is 1. The lowest BCUT2D eigenvalue weighted by molar-refractivity contribution is -0.116. The van der Waals surface area contributed by atoms with Gasteiger partial charge in [0.05, 0.1) is 29.0 Å². The molecule has 3 heterocycles. The van der Waals surface area contributed by atoms with Gasteiger partial charge in [-0.15, -0.1) is 0 Å². The summed E-state index contributed by atoms with van der Waals surface area (Å²) in [5.41, 5.74) is 2.77. The Morgan fingerprint density at radius 2 is 1.79 bits per heavy atom. The Morgan fingerprint density at radius 1 is 1.03 bits per heavy atom. The predicted molar refractivity (Wildman–Crippen MR) is 145 cm³/mol. The molecule has 192 valence electrons. The smallest absolute Gasteiger partial charge is 0.335 e. The van der Waals surface area contributed by atoms with Gasteiger partial charge in [-0.05, 0) is 72.9 Å². The maximum atomic E-state index is 14.0. The number of thiocarbonyl (C=S) groups is 1. The quantitative estimate of drug-likeness (QED) is 0.284. The van der Waals surface area contributed by atoms with Gasteiger partial charge >= 0.3 is 5.97 Å². The Bertz CT molecular complexity index is 1480. The first-order valence-electron chi connectivity index (χ1n) is 12.0. The minimum absolute atomic E-state index is 0.0790. The third kappa shape index (κ3) is 5.12. The van der Waals surface area contributed by atoms with Crippen LogP contribution in [0.1, 0.15) is 40.3 Å². The normalized spacial score (nSPS) is 16.8. The number of hydrogen-bond acceptors (Lipinski definition) is 4. The van der Waals surface area contributed by atoms with Gasteiger partial charge in [-0.1, -0.05) is 18.2 Å². The van der Waals surface area contributed by atoms with Crippen LogP contribution >= 0.6 is 12.2 Å². The van der Waals surface area contributed by atoms with Crippen LogP contribution in [0.2, 0.25) is 0 Å². The molecule has 1 amide bonds. The van der Waals surface area contributed by atoms with Crippen molar-refractivity contribution in [3.8, 4) is 5.69 Å². The molecule has 1 saturated heterocycles. The highest BCUT2D eigenvalue weighted by atomic mass is 32.1. The summed E-state index contributed by atoms with van der Waals surface area (Å²) < 4.78 is 16.0. The molecule has 5 rings (SSSR count). The number of carboxylic acid groups (broad SMARTS) is 1. The highest BCUT2D eigenvalue weighted by molar-refractivity contribution is 7.80. The number of halogens is 1. The summed E-state index contributed by atoms with van der Waals surface area (Å²) >= 11 is 5.70. The summed E-state index contributed by atoms with van der Waals surface area (Å²) in [5, 5.41) is 15.7. The van der Waals surface area contributed by atoms with Crippen LogP contribution in [0, 0.1) is 5.82 Å². The summed E-state index contributed by atoms with van der Waals surface area (Å²) in [5.74, 6) is -1.83. The van der Waals surface area contributed by atoms with Crippen molar-refractivity contribution in [2.24, 2.45) is 0 Å². The second kappa shape index (κ2) is 10.8. The van der Waals surface area contributed by atoms with E-state index in [2.05, 4.69) is 15.6 Å². The molecule has 1 aliphatic heterocycles. The first kappa shape index (κ1) is 25.1. The molecule has 1 aliphatic rings. The molecule has 38 heavy (non-hydrogen) atoms. The molecule has 0 unspecified atom stereocenters. The number of carbonyl (C=O) groups excluding carboxylic acids is 1. The molecule has 2 aromatic carbocycles. The van der Waals surface area contributed by atoms with Gasteiger partial charge in [-0.3, -0.25) is 9.78 Å². The maximum Gasteiger partial charge on any atom is 0.335 e. The SMILES string of the molecule is O=C(CCN1C(=S)N[C@H](c2ccccn2)[C@H]1c1cccn1-c1ccc(C(=O)O)cc1)Nc1ccccc1F. The fraction of sp³-hybridized carbons (Fsp3) is 0.143. The van der Waals surface area contributed by atoms with Crippen molar-refractivity contribution in [1.82, 2.24) is 19.8 Å². The van der Waals surface area contributed by atoms with Gasteiger partial charge in [-0.2, -0.15) is 0 Å². The summed E-state index contributed by atoms with van der Waals surface area (Å²) in [6.07, 6.45) is 3.69. The lowest BCUT2D eigenvalue weighted by atomic mass is 10.0. The van der Waals surface area contributed by atoms with E-state index in [0.717, 1.165) is 17.1 Å². The van der Waals surface area contributed by atoms with Crippen LogP contribution in [0.4, 0.5) is 10.1 Å². The Kier molecular flexibility index (Phi) is 7.14. The van der Waals surface area contributed by atoms with Crippen LogP contribution < -0.4 is 10.6 Å². The molecule has 10 heteroatoms. The number of amides is 1. The zero-order valence-corrected chi connectivity index (χ0v) is 20.9. The van der Waals surface area contributed by atoms with Gasteiger partial charge in [0.1, 0.15) is 5.82 Å². The Morgan fingerprint density at radius 3 is 2.50 bits per heavy atom. The average molecular weight is 530 g/mol. The highest BCUT2D eigenvalue weighted by Crippen LogP contribution is 2.39. The van der Waals surface area contributed by atoms with Crippen molar-refractivity contribution in [3.05, 3.63) is 114 Å². The average Bonchev–Trinajstić information content (AvgIpc) is 3.53. The van der Waals surface area contributed by atoms with Gasteiger partial charge in [0.15, 0.2) is 5.11 Å². The molecule has 2 aromatic heterocycles. The van der Waals surface area contributed by atoms with Gasteiger partial charge < -0.3 is 25.2 Å². The second-order valence-corrected chi connectivity index (χ2v) is 9.14. The van der Waals surface area contributed by atoms with Crippen LogP contribution in [0.25, 0.3) is 5.69 Å². The molecular formula is C28H24FN5O3S. The number of pyridine rings is 1. The molecule has 0 spiro atoms.